The summed E-state index contributed by atoms with van der Waals surface area (Å²) in [5.74, 6) is 0.746. The molecule has 6 nitrogen and oxygen atoms in total. The van der Waals surface area contributed by atoms with E-state index < -0.39 is 10.0 Å². The van der Waals surface area contributed by atoms with Gasteiger partial charge < -0.3 is 4.42 Å². The fourth-order valence-electron chi connectivity index (χ4n) is 1.99. The van der Waals surface area contributed by atoms with Crippen molar-refractivity contribution in [3.05, 3.63) is 46.7 Å². The topological polar surface area (TPSA) is 85.1 Å². The number of hydrogen-bond acceptors (Lipinski definition) is 6. The highest BCUT2D eigenvalue weighted by molar-refractivity contribution is 7.94. The van der Waals surface area contributed by atoms with E-state index in [1.54, 1.807) is 18.4 Å². The van der Waals surface area contributed by atoms with Crippen LogP contribution in [0.15, 0.2) is 38.3 Å². The van der Waals surface area contributed by atoms with Gasteiger partial charge in [-0.15, -0.1) is 21.5 Å². The number of thiophene rings is 1. The maximum absolute atomic E-state index is 12.5. The molecule has 0 bridgehead atoms. The fraction of sp³-hybridized carbons (Fsp3) is 0.200. The molecule has 2 heterocycles. The second kappa shape index (κ2) is 5.78. The summed E-state index contributed by atoms with van der Waals surface area (Å²) in [4.78, 5) is 0. The average Bonchev–Trinajstić information content (AvgIpc) is 3.11. The number of aryl methyl sites for hydroxylation is 3. The maximum Gasteiger partial charge on any atom is 0.271 e. The molecule has 1 N–H and O–H groups in total. The van der Waals surface area contributed by atoms with Crippen LogP contribution in [-0.2, 0) is 10.0 Å². The van der Waals surface area contributed by atoms with Gasteiger partial charge in [-0.25, -0.2) is 8.42 Å². The molecule has 2 aromatic heterocycles. The van der Waals surface area contributed by atoms with Gasteiger partial charge in [0, 0.05) is 18.0 Å². The first-order valence-corrected chi connectivity index (χ1v) is 9.20. The largest absolute Gasteiger partial charge is 0.421 e. The smallest absolute Gasteiger partial charge is 0.271 e. The van der Waals surface area contributed by atoms with E-state index in [0.717, 1.165) is 22.5 Å². The Morgan fingerprint density at radius 1 is 1.09 bits per heavy atom. The van der Waals surface area contributed by atoms with Gasteiger partial charge in [0.05, 0.1) is 5.56 Å². The van der Waals surface area contributed by atoms with E-state index in [1.807, 2.05) is 26.0 Å². The minimum atomic E-state index is -3.64. The first-order chi connectivity index (χ1) is 10.8. The van der Waals surface area contributed by atoms with E-state index in [2.05, 4.69) is 14.9 Å². The number of aromatic nitrogens is 2. The fourth-order valence-corrected chi connectivity index (χ4v) is 4.20. The third-order valence-electron chi connectivity index (χ3n) is 3.37. The zero-order chi connectivity index (χ0) is 16.6. The van der Waals surface area contributed by atoms with Crippen molar-refractivity contribution in [3.63, 3.8) is 0 Å². The van der Waals surface area contributed by atoms with Crippen molar-refractivity contribution < 1.29 is 12.8 Å². The average molecular weight is 349 g/mol. The molecule has 23 heavy (non-hydrogen) atoms. The van der Waals surface area contributed by atoms with Crippen LogP contribution in [0.3, 0.4) is 0 Å². The van der Waals surface area contributed by atoms with Gasteiger partial charge in [0.2, 0.25) is 11.8 Å². The Bertz CT molecular complexity index is 958. The quantitative estimate of drug-likeness (QED) is 0.779. The minimum absolute atomic E-state index is 0.196. The first-order valence-electron chi connectivity index (χ1n) is 6.84. The Hall–Kier alpha value is -2.19. The standard InChI is InChI=1S/C15H15N3O3S2/c1-9-4-5-13(6-10(9)2)18-23(19,20)14-7-12(8-22-14)15-17-16-11(3)21-15/h4-8,18H,1-3H3. The number of nitrogens with one attached hydrogen (secondary N) is 1. The van der Waals surface area contributed by atoms with E-state index >= 15 is 0 Å². The lowest BCUT2D eigenvalue weighted by molar-refractivity contribution is 0.533. The molecule has 0 unspecified atom stereocenters. The third-order valence-corrected chi connectivity index (χ3v) is 6.19. The molecule has 120 valence electrons. The monoisotopic (exact) mass is 349 g/mol. The van der Waals surface area contributed by atoms with Crippen LogP contribution in [0.1, 0.15) is 17.0 Å². The molecule has 3 rings (SSSR count). The van der Waals surface area contributed by atoms with Crippen molar-refractivity contribution >= 4 is 27.0 Å². The van der Waals surface area contributed by atoms with Gasteiger partial charge in [-0.2, -0.15) is 0 Å². The number of rotatable bonds is 4. The summed E-state index contributed by atoms with van der Waals surface area (Å²) >= 11 is 1.11. The predicted octanol–water partition coefficient (Wildman–Crippen LogP) is 3.52. The van der Waals surface area contributed by atoms with Crippen molar-refractivity contribution in [2.24, 2.45) is 0 Å². The molecule has 0 aliphatic carbocycles. The van der Waals surface area contributed by atoms with E-state index in [1.165, 1.54) is 6.07 Å². The van der Waals surface area contributed by atoms with Gasteiger partial charge in [-0.05, 0) is 43.2 Å². The lowest BCUT2D eigenvalue weighted by Crippen LogP contribution is -2.11. The normalized spacial score (nSPS) is 11.6. The SMILES string of the molecule is Cc1nnc(-c2csc(S(=O)(=O)Nc3ccc(C)c(C)c3)c2)o1. The molecule has 0 amide bonds. The van der Waals surface area contributed by atoms with Gasteiger partial charge in [-0.3, -0.25) is 4.72 Å². The molecule has 0 saturated carbocycles. The van der Waals surface area contributed by atoms with Crippen LogP contribution in [0, 0.1) is 20.8 Å². The molecule has 0 spiro atoms. The van der Waals surface area contributed by atoms with E-state index in [9.17, 15) is 8.42 Å². The Labute approximate surface area is 138 Å². The molecule has 0 radical (unpaired) electrons. The molecule has 3 aromatic rings. The van der Waals surface area contributed by atoms with Gasteiger partial charge in [-0.1, -0.05) is 6.07 Å². The van der Waals surface area contributed by atoms with Crippen LogP contribution in [0.2, 0.25) is 0 Å². The minimum Gasteiger partial charge on any atom is -0.421 e. The highest BCUT2D eigenvalue weighted by Crippen LogP contribution is 2.29. The number of anilines is 1. The summed E-state index contributed by atoms with van der Waals surface area (Å²) in [5.41, 5.74) is 3.27. The molecule has 0 aliphatic heterocycles. The second-order valence-electron chi connectivity index (χ2n) is 5.19. The molecular formula is C15H15N3O3S2. The molecule has 0 atom stereocenters. The van der Waals surface area contributed by atoms with E-state index in [-0.39, 0.29) is 4.21 Å². The third kappa shape index (κ3) is 3.27. The van der Waals surface area contributed by atoms with Crippen LogP contribution in [0.25, 0.3) is 11.5 Å². The van der Waals surface area contributed by atoms with Crippen LogP contribution < -0.4 is 4.72 Å². The van der Waals surface area contributed by atoms with Crippen molar-refractivity contribution in [3.8, 4) is 11.5 Å². The summed E-state index contributed by atoms with van der Waals surface area (Å²) in [6.45, 7) is 5.60. The van der Waals surface area contributed by atoms with Gasteiger partial charge in [0.1, 0.15) is 4.21 Å². The summed E-state index contributed by atoms with van der Waals surface area (Å²) in [5, 5.41) is 9.32. The van der Waals surface area contributed by atoms with Crippen molar-refractivity contribution in [2.75, 3.05) is 4.72 Å². The molecule has 0 saturated heterocycles. The summed E-state index contributed by atoms with van der Waals surface area (Å²) in [6, 6.07) is 6.97. The van der Waals surface area contributed by atoms with Crippen LogP contribution in [0.5, 0.6) is 0 Å². The van der Waals surface area contributed by atoms with Crippen molar-refractivity contribution in [1.29, 1.82) is 0 Å². The van der Waals surface area contributed by atoms with Crippen LogP contribution in [0.4, 0.5) is 5.69 Å². The highest BCUT2D eigenvalue weighted by Gasteiger charge is 2.19. The summed E-state index contributed by atoms with van der Waals surface area (Å²) in [7, 11) is -3.64. The first kappa shape index (κ1) is 15.7. The summed E-state index contributed by atoms with van der Waals surface area (Å²) in [6.07, 6.45) is 0. The zero-order valence-corrected chi connectivity index (χ0v) is 14.5. The number of hydrogen-bond donors (Lipinski definition) is 1. The van der Waals surface area contributed by atoms with E-state index in [4.69, 9.17) is 4.42 Å². The number of sulfonamides is 1. The number of nitrogens with zero attached hydrogens (tertiary/aromatic N) is 2. The molecule has 0 fully saturated rings. The van der Waals surface area contributed by atoms with Crippen molar-refractivity contribution in [1.82, 2.24) is 10.2 Å². The Balaban J connectivity index is 1.88. The second-order valence-corrected chi connectivity index (χ2v) is 8.01. The predicted molar refractivity (Wildman–Crippen MR) is 89.1 cm³/mol. The molecular weight excluding hydrogens is 334 g/mol. The Morgan fingerprint density at radius 2 is 1.87 bits per heavy atom. The maximum atomic E-state index is 12.5. The molecule has 0 aliphatic rings. The lowest BCUT2D eigenvalue weighted by Gasteiger charge is -2.08. The molecule has 8 heteroatoms. The van der Waals surface area contributed by atoms with Crippen LogP contribution in [-0.4, -0.2) is 18.6 Å². The van der Waals surface area contributed by atoms with Gasteiger partial charge in [0.15, 0.2) is 0 Å². The van der Waals surface area contributed by atoms with Crippen LogP contribution >= 0.6 is 11.3 Å². The van der Waals surface area contributed by atoms with Gasteiger partial charge in [0.25, 0.3) is 10.0 Å². The highest BCUT2D eigenvalue weighted by atomic mass is 32.2. The Morgan fingerprint density at radius 3 is 2.52 bits per heavy atom. The van der Waals surface area contributed by atoms with Crippen molar-refractivity contribution in [2.45, 2.75) is 25.0 Å². The molecule has 1 aromatic carbocycles. The van der Waals surface area contributed by atoms with Gasteiger partial charge >= 0.3 is 0 Å². The number of benzene rings is 1. The lowest BCUT2D eigenvalue weighted by atomic mass is 10.1. The Kier molecular flexibility index (Phi) is 3.95. The van der Waals surface area contributed by atoms with E-state index in [0.29, 0.717) is 23.0 Å². The summed E-state index contributed by atoms with van der Waals surface area (Å²) < 4.78 is 33.1. The zero-order valence-electron chi connectivity index (χ0n) is 12.8.